The average molecular weight is 276 g/mol. The maximum Gasteiger partial charge on any atom is 0.0503 e. The van der Waals surface area contributed by atoms with Gasteiger partial charge in [0, 0.05) is 0 Å². The Kier molecular flexibility index (Phi) is 2.97. The fraction of sp³-hybridized carbons (Fsp3) is 0.300. The SMILES string of the molecule is Cc1ccc2c(c1)C(=C1CCOCC1)c1cccc(C)c1-2. The van der Waals surface area contributed by atoms with Gasteiger partial charge >= 0.3 is 0 Å². The molecule has 1 nitrogen and oxygen atoms in total. The van der Waals surface area contributed by atoms with Crippen molar-refractivity contribution < 1.29 is 4.74 Å². The van der Waals surface area contributed by atoms with E-state index in [0.717, 1.165) is 26.1 Å². The third-order valence-corrected chi connectivity index (χ3v) is 4.71. The van der Waals surface area contributed by atoms with Crippen molar-refractivity contribution in [1.29, 1.82) is 0 Å². The lowest BCUT2D eigenvalue weighted by Crippen LogP contribution is -2.09. The Bertz CT molecular complexity index is 744. The number of rotatable bonds is 0. The Labute approximate surface area is 126 Å². The first-order chi connectivity index (χ1) is 10.3. The third-order valence-electron chi connectivity index (χ3n) is 4.71. The molecule has 4 rings (SSSR count). The second kappa shape index (κ2) is 4.85. The molecule has 0 amide bonds. The van der Waals surface area contributed by atoms with Crippen LogP contribution in [0.2, 0.25) is 0 Å². The zero-order valence-corrected chi connectivity index (χ0v) is 12.7. The van der Waals surface area contributed by atoms with Gasteiger partial charge in [0.05, 0.1) is 13.2 Å². The molecule has 0 atom stereocenters. The van der Waals surface area contributed by atoms with Gasteiger partial charge in [-0.2, -0.15) is 0 Å². The van der Waals surface area contributed by atoms with E-state index in [9.17, 15) is 0 Å². The lowest BCUT2D eigenvalue weighted by Gasteiger charge is -2.19. The van der Waals surface area contributed by atoms with Crippen LogP contribution < -0.4 is 0 Å². The van der Waals surface area contributed by atoms with Crippen LogP contribution in [0.25, 0.3) is 16.7 Å². The summed E-state index contributed by atoms with van der Waals surface area (Å²) in [6.45, 7) is 6.13. The van der Waals surface area contributed by atoms with Crippen molar-refractivity contribution in [3.63, 3.8) is 0 Å². The number of hydrogen-bond acceptors (Lipinski definition) is 1. The van der Waals surface area contributed by atoms with Crippen LogP contribution in [0.5, 0.6) is 0 Å². The van der Waals surface area contributed by atoms with Crippen molar-refractivity contribution in [3.05, 3.63) is 64.2 Å². The van der Waals surface area contributed by atoms with Crippen molar-refractivity contribution in [3.8, 4) is 11.1 Å². The Morgan fingerprint density at radius 3 is 2.48 bits per heavy atom. The molecule has 106 valence electrons. The predicted molar refractivity (Wildman–Crippen MR) is 87.4 cm³/mol. The molecule has 0 unspecified atom stereocenters. The molecule has 1 fully saturated rings. The Balaban J connectivity index is 2.04. The average Bonchev–Trinajstić information content (AvgIpc) is 2.82. The summed E-state index contributed by atoms with van der Waals surface area (Å²) in [4.78, 5) is 0. The number of ether oxygens (including phenoxy) is 1. The van der Waals surface area contributed by atoms with E-state index in [4.69, 9.17) is 4.74 Å². The quantitative estimate of drug-likeness (QED) is 0.567. The van der Waals surface area contributed by atoms with E-state index in [0.29, 0.717) is 0 Å². The van der Waals surface area contributed by atoms with E-state index in [1.54, 1.807) is 5.57 Å². The first kappa shape index (κ1) is 12.8. The molecule has 1 aliphatic heterocycles. The Hall–Kier alpha value is -1.86. The standard InChI is InChI=1S/C20H20O/c1-13-6-7-16-18(12-13)20(15-8-10-21-11-9-15)17-5-3-4-14(2)19(16)17/h3-7,12H,8-11H2,1-2H3. The molecule has 2 aliphatic rings. The second-order valence-corrected chi connectivity index (χ2v) is 6.14. The highest BCUT2D eigenvalue weighted by Gasteiger charge is 2.27. The molecular formula is C20H20O. The van der Waals surface area contributed by atoms with Gasteiger partial charge in [-0.25, -0.2) is 0 Å². The highest BCUT2D eigenvalue weighted by molar-refractivity contribution is 6.03. The molecule has 1 saturated heterocycles. The van der Waals surface area contributed by atoms with Crippen LogP contribution in [-0.2, 0) is 4.74 Å². The smallest absolute Gasteiger partial charge is 0.0503 e. The van der Waals surface area contributed by atoms with Gasteiger partial charge in [-0.1, -0.05) is 47.5 Å². The van der Waals surface area contributed by atoms with Crippen molar-refractivity contribution in [2.75, 3.05) is 13.2 Å². The summed E-state index contributed by atoms with van der Waals surface area (Å²) in [7, 11) is 0. The van der Waals surface area contributed by atoms with E-state index < -0.39 is 0 Å². The van der Waals surface area contributed by atoms with Crippen molar-refractivity contribution in [2.45, 2.75) is 26.7 Å². The summed E-state index contributed by atoms with van der Waals surface area (Å²) in [5, 5.41) is 0. The Morgan fingerprint density at radius 2 is 1.67 bits per heavy atom. The van der Waals surface area contributed by atoms with E-state index >= 15 is 0 Å². The highest BCUT2D eigenvalue weighted by Crippen LogP contribution is 2.48. The maximum absolute atomic E-state index is 5.55. The lowest BCUT2D eigenvalue weighted by molar-refractivity contribution is 0.119. The predicted octanol–water partition coefficient (Wildman–Crippen LogP) is 4.90. The lowest BCUT2D eigenvalue weighted by atomic mass is 9.92. The van der Waals surface area contributed by atoms with Gasteiger partial charge in [0.1, 0.15) is 0 Å². The van der Waals surface area contributed by atoms with Crippen molar-refractivity contribution >= 4 is 5.57 Å². The maximum atomic E-state index is 5.55. The molecule has 0 saturated carbocycles. The molecular weight excluding hydrogens is 256 g/mol. The van der Waals surface area contributed by atoms with E-state index in [1.807, 2.05) is 0 Å². The molecule has 0 aromatic heterocycles. The van der Waals surface area contributed by atoms with Gasteiger partial charge in [0.15, 0.2) is 0 Å². The molecule has 1 aliphatic carbocycles. The molecule has 1 heteroatoms. The summed E-state index contributed by atoms with van der Waals surface area (Å²) < 4.78 is 5.55. The topological polar surface area (TPSA) is 9.23 Å². The first-order valence-electron chi connectivity index (χ1n) is 7.77. The fourth-order valence-electron chi connectivity index (χ4n) is 3.71. The van der Waals surface area contributed by atoms with Crippen molar-refractivity contribution in [1.82, 2.24) is 0 Å². The van der Waals surface area contributed by atoms with Crippen LogP contribution in [0.3, 0.4) is 0 Å². The molecule has 0 bridgehead atoms. The number of fused-ring (bicyclic) bond motifs is 3. The Morgan fingerprint density at radius 1 is 0.857 bits per heavy atom. The summed E-state index contributed by atoms with van der Waals surface area (Å²) in [6, 6.07) is 13.6. The highest BCUT2D eigenvalue weighted by atomic mass is 16.5. The monoisotopic (exact) mass is 276 g/mol. The minimum absolute atomic E-state index is 0.862. The van der Waals surface area contributed by atoms with Gasteiger partial charge in [-0.15, -0.1) is 0 Å². The zero-order valence-electron chi connectivity index (χ0n) is 12.7. The number of aryl methyl sites for hydroxylation is 2. The van der Waals surface area contributed by atoms with E-state index in [2.05, 4.69) is 50.2 Å². The number of benzene rings is 2. The number of hydrogen-bond donors (Lipinski definition) is 0. The van der Waals surface area contributed by atoms with E-state index in [-0.39, 0.29) is 0 Å². The largest absolute Gasteiger partial charge is 0.381 e. The normalized spacial score (nSPS) is 16.9. The summed E-state index contributed by atoms with van der Waals surface area (Å²) in [5.41, 5.74) is 11.4. The fourth-order valence-corrected chi connectivity index (χ4v) is 3.71. The summed E-state index contributed by atoms with van der Waals surface area (Å²) in [5.74, 6) is 0. The first-order valence-corrected chi connectivity index (χ1v) is 7.77. The van der Waals surface area contributed by atoms with Gasteiger partial charge < -0.3 is 4.74 Å². The zero-order chi connectivity index (χ0) is 14.4. The summed E-state index contributed by atoms with van der Waals surface area (Å²) >= 11 is 0. The van der Waals surface area contributed by atoms with Crippen LogP contribution in [-0.4, -0.2) is 13.2 Å². The third kappa shape index (κ3) is 1.96. The van der Waals surface area contributed by atoms with Gasteiger partial charge in [-0.3, -0.25) is 0 Å². The second-order valence-electron chi connectivity index (χ2n) is 6.14. The van der Waals surface area contributed by atoms with Crippen LogP contribution in [0.15, 0.2) is 42.0 Å². The van der Waals surface area contributed by atoms with Crippen LogP contribution in [0.1, 0.15) is 35.1 Å². The molecule has 2 aromatic carbocycles. The van der Waals surface area contributed by atoms with Crippen LogP contribution >= 0.6 is 0 Å². The van der Waals surface area contributed by atoms with Gasteiger partial charge in [0.2, 0.25) is 0 Å². The van der Waals surface area contributed by atoms with E-state index in [1.165, 1.54) is 39.0 Å². The van der Waals surface area contributed by atoms with Gasteiger partial charge in [0.25, 0.3) is 0 Å². The minimum Gasteiger partial charge on any atom is -0.381 e. The minimum atomic E-state index is 0.862. The molecule has 21 heavy (non-hydrogen) atoms. The molecule has 1 heterocycles. The summed E-state index contributed by atoms with van der Waals surface area (Å²) in [6.07, 6.45) is 2.13. The van der Waals surface area contributed by atoms with Crippen LogP contribution in [0.4, 0.5) is 0 Å². The molecule has 0 radical (unpaired) electrons. The van der Waals surface area contributed by atoms with Gasteiger partial charge in [-0.05, 0) is 60.1 Å². The van der Waals surface area contributed by atoms with Crippen molar-refractivity contribution in [2.24, 2.45) is 0 Å². The van der Waals surface area contributed by atoms with Crippen LogP contribution in [0, 0.1) is 13.8 Å². The molecule has 2 aromatic rings. The molecule has 0 N–H and O–H groups in total. The molecule has 0 spiro atoms.